The van der Waals surface area contributed by atoms with Crippen molar-refractivity contribution >= 4 is 0 Å². The van der Waals surface area contributed by atoms with Crippen molar-refractivity contribution in [2.75, 3.05) is 6.54 Å². The van der Waals surface area contributed by atoms with Gasteiger partial charge in [-0.15, -0.1) is 5.10 Å². The molecule has 0 fully saturated rings. The van der Waals surface area contributed by atoms with Crippen LogP contribution in [0, 0.1) is 0 Å². The molecular formula is C9H18N4. The number of aryl methyl sites for hydroxylation is 1. The maximum Gasteiger partial charge on any atom is 0.0902 e. The van der Waals surface area contributed by atoms with Gasteiger partial charge in [-0.2, -0.15) is 0 Å². The Morgan fingerprint density at radius 3 is 2.46 bits per heavy atom. The average Bonchev–Trinajstić information content (AvgIpc) is 2.45. The Morgan fingerprint density at radius 2 is 2.00 bits per heavy atom. The molecular weight excluding hydrogens is 164 g/mol. The predicted molar refractivity (Wildman–Crippen MR) is 52.6 cm³/mol. The largest absolute Gasteiger partial charge is 0.330 e. The molecule has 4 heteroatoms. The fraction of sp³-hybridized carbons (Fsp3) is 0.778. The molecule has 0 aliphatic heterocycles. The van der Waals surface area contributed by atoms with E-state index in [2.05, 4.69) is 31.1 Å². The van der Waals surface area contributed by atoms with Crippen LogP contribution in [-0.2, 0) is 7.05 Å². The third-order valence-corrected chi connectivity index (χ3v) is 2.26. The first-order valence-electron chi connectivity index (χ1n) is 4.67. The first-order chi connectivity index (χ1) is 6.07. The summed E-state index contributed by atoms with van der Waals surface area (Å²) in [5.74, 6) is 0.745. The lowest BCUT2D eigenvalue weighted by Gasteiger charge is -2.11. The number of hydrogen-bond acceptors (Lipinski definition) is 3. The Hall–Kier alpha value is -0.900. The zero-order valence-corrected chi connectivity index (χ0v) is 8.78. The first kappa shape index (κ1) is 10.2. The molecule has 13 heavy (non-hydrogen) atoms. The number of nitrogens with zero attached hydrogens (tertiary/aromatic N) is 3. The van der Waals surface area contributed by atoms with E-state index in [-0.39, 0.29) is 0 Å². The van der Waals surface area contributed by atoms with Gasteiger partial charge >= 0.3 is 0 Å². The second-order valence-corrected chi connectivity index (χ2v) is 3.77. The van der Waals surface area contributed by atoms with Crippen molar-refractivity contribution in [1.29, 1.82) is 0 Å². The Labute approximate surface area is 79.1 Å². The monoisotopic (exact) mass is 182 g/mol. The van der Waals surface area contributed by atoms with Crippen LogP contribution in [0.15, 0.2) is 0 Å². The lowest BCUT2D eigenvalue weighted by molar-refractivity contribution is 0.645. The van der Waals surface area contributed by atoms with E-state index in [1.54, 1.807) is 0 Å². The Morgan fingerprint density at radius 1 is 1.38 bits per heavy atom. The zero-order chi connectivity index (χ0) is 10.0. The van der Waals surface area contributed by atoms with E-state index in [0.717, 1.165) is 5.69 Å². The molecule has 1 aromatic heterocycles. The van der Waals surface area contributed by atoms with Gasteiger partial charge in [0, 0.05) is 19.5 Å². The maximum atomic E-state index is 5.61. The van der Waals surface area contributed by atoms with E-state index in [4.69, 9.17) is 5.73 Å². The van der Waals surface area contributed by atoms with Gasteiger partial charge in [-0.25, -0.2) is 0 Å². The van der Waals surface area contributed by atoms with Crippen molar-refractivity contribution in [1.82, 2.24) is 15.0 Å². The molecule has 1 heterocycles. The summed E-state index contributed by atoms with van der Waals surface area (Å²) in [4.78, 5) is 0. The number of nitrogens with two attached hydrogens (primary N) is 1. The van der Waals surface area contributed by atoms with Crippen LogP contribution < -0.4 is 5.73 Å². The number of aromatic nitrogens is 3. The quantitative estimate of drug-likeness (QED) is 0.758. The van der Waals surface area contributed by atoms with Crippen LogP contribution in [0.25, 0.3) is 0 Å². The first-order valence-corrected chi connectivity index (χ1v) is 4.67. The van der Waals surface area contributed by atoms with Crippen LogP contribution in [0.2, 0.25) is 0 Å². The summed E-state index contributed by atoms with van der Waals surface area (Å²) < 4.78 is 1.84. The molecule has 0 saturated heterocycles. The van der Waals surface area contributed by atoms with Crippen molar-refractivity contribution in [2.45, 2.75) is 32.6 Å². The summed E-state index contributed by atoms with van der Waals surface area (Å²) >= 11 is 0. The van der Waals surface area contributed by atoms with E-state index in [1.165, 1.54) is 5.69 Å². The second-order valence-electron chi connectivity index (χ2n) is 3.77. The van der Waals surface area contributed by atoms with Crippen LogP contribution in [0.4, 0.5) is 0 Å². The lowest BCUT2D eigenvalue weighted by Crippen LogP contribution is -2.12. The molecule has 0 spiro atoms. The average molecular weight is 182 g/mol. The molecule has 0 aliphatic carbocycles. The number of rotatable bonds is 3. The molecule has 1 unspecified atom stereocenters. The summed E-state index contributed by atoms with van der Waals surface area (Å²) in [5, 5.41) is 8.16. The minimum absolute atomic E-state index is 0.297. The molecule has 1 rings (SSSR count). The Bertz CT molecular complexity index is 277. The molecule has 0 bridgehead atoms. The summed E-state index contributed by atoms with van der Waals surface area (Å²) in [5.41, 5.74) is 7.84. The highest BCUT2D eigenvalue weighted by molar-refractivity contribution is 5.18. The van der Waals surface area contributed by atoms with Gasteiger partial charge in [0.2, 0.25) is 0 Å². The highest BCUT2D eigenvalue weighted by Crippen LogP contribution is 2.22. The molecule has 0 radical (unpaired) electrons. The topological polar surface area (TPSA) is 56.7 Å². The molecule has 0 aromatic carbocycles. The molecule has 0 saturated carbocycles. The van der Waals surface area contributed by atoms with Gasteiger partial charge in [-0.3, -0.25) is 4.68 Å². The molecule has 0 amide bonds. The molecule has 2 N–H and O–H groups in total. The standard InChI is InChI=1S/C9H18N4/c1-6(2)9-8(7(3)5-10)11-12-13(9)4/h6-7H,5,10H2,1-4H3. The van der Waals surface area contributed by atoms with E-state index in [9.17, 15) is 0 Å². The fourth-order valence-electron chi connectivity index (χ4n) is 1.51. The SMILES string of the molecule is CC(C)c1c(C(C)CN)nnn1C. The van der Waals surface area contributed by atoms with E-state index >= 15 is 0 Å². The van der Waals surface area contributed by atoms with Crippen molar-refractivity contribution in [3.8, 4) is 0 Å². The normalized spacial score (nSPS) is 13.7. The minimum atomic E-state index is 0.297. The van der Waals surface area contributed by atoms with Crippen molar-refractivity contribution in [2.24, 2.45) is 12.8 Å². The van der Waals surface area contributed by atoms with Gasteiger partial charge in [0.25, 0.3) is 0 Å². The maximum absolute atomic E-state index is 5.61. The molecule has 1 aromatic rings. The van der Waals surface area contributed by atoms with Crippen LogP contribution in [0.5, 0.6) is 0 Å². The zero-order valence-electron chi connectivity index (χ0n) is 8.78. The summed E-state index contributed by atoms with van der Waals surface area (Å²) in [6.45, 7) is 6.99. The van der Waals surface area contributed by atoms with Crippen LogP contribution in [0.1, 0.15) is 44.0 Å². The third-order valence-electron chi connectivity index (χ3n) is 2.26. The second kappa shape index (κ2) is 3.87. The highest BCUT2D eigenvalue weighted by atomic mass is 15.4. The minimum Gasteiger partial charge on any atom is -0.330 e. The van der Waals surface area contributed by atoms with Gasteiger partial charge in [0.1, 0.15) is 0 Å². The smallest absolute Gasteiger partial charge is 0.0902 e. The molecule has 0 aliphatic rings. The van der Waals surface area contributed by atoms with Gasteiger partial charge < -0.3 is 5.73 Å². The van der Waals surface area contributed by atoms with Gasteiger partial charge in [0.15, 0.2) is 0 Å². The third kappa shape index (κ3) is 1.88. The van der Waals surface area contributed by atoms with Gasteiger partial charge in [0.05, 0.1) is 11.4 Å². The van der Waals surface area contributed by atoms with Crippen molar-refractivity contribution < 1.29 is 0 Å². The fourth-order valence-corrected chi connectivity index (χ4v) is 1.51. The van der Waals surface area contributed by atoms with Crippen molar-refractivity contribution in [3.05, 3.63) is 11.4 Å². The van der Waals surface area contributed by atoms with Crippen LogP contribution in [-0.4, -0.2) is 21.5 Å². The lowest BCUT2D eigenvalue weighted by atomic mass is 10.00. The van der Waals surface area contributed by atoms with Crippen LogP contribution in [0.3, 0.4) is 0 Å². The predicted octanol–water partition coefficient (Wildman–Crippen LogP) is 1.00. The van der Waals surface area contributed by atoms with E-state index < -0.39 is 0 Å². The summed E-state index contributed by atoms with van der Waals surface area (Å²) in [6.07, 6.45) is 0. The summed E-state index contributed by atoms with van der Waals surface area (Å²) in [7, 11) is 1.93. The van der Waals surface area contributed by atoms with E-state index in [0.29, 0.717) is 18.4 Å². The van der Waals surface area contributed by atoms with E-state index in [1.807, 2.05) is 11.7 Å². The Kier molecular flexibility index (Phi) is 3.03. The summed E-state index contributed by atoms with van der Waals surface area (Å²) in [6, 6.07) is 0. The van der Waals surface area contributed by atoms with Crippen molar-refractivity contribution in [3.63, 3.8) is 0 Å². The highest BCUT2D eigenvalue weighted by Gasteiger charge is 2.17. The number of hydrogen-bond donors (Lipinski definition) is 1. The van der Waals surface area contributed by atoms with Gasteiger partial charge in [-0.05, 0) is 5.92 Å². The molecule has 4 nitrogen and oxygen atoms in total. The van der Waals surface area contributed by atoms with Gasteiger partial charge in [-0.1, -0.05) is 26.0 Å². The van der Waals surface area contributed by atoms with Crippen LogP contribution >= 0.6 is 0 Å². The Balaban J connectivity index is 3.07. The molecule has 1 atom stereocenters. The molecule has 74 valence electrons.